The van der Waals surface area contributed by atoms with Gasteiger partial charge in [-0.2, -0.15) is 8.42 Å². The van der Waals surface area contributed by atoms with Gasteiger partial charge in [-0.3, -0.25) is 4.55 Å². The molecule has 0 saturated carbocycles. The number of aliphatic carboxylic acids is 1. The summed E-state index contributed by atoms with van der Waals surface area (Å²) in [6, 6.07) is -2.92. The predicted molar refractivity (Wildman–Crippen MR) is 83.5 cm³/mol. The van der Waals surface area contributed by atoms with Gasteiger partial charge in [-0.1, -0.05) is 0 Å². The second kappa shape index (κ2) is 8.78. The van der Waals surface area contributed by atoms with Crippen LogP contribution in [0.15, 0.2) is 0 Å². The number of carboxylic acids is 1. The van der Waals surface area contributed by atoms with Gasteiger partial charge in [0.1, 0.15) is 30.5 Å². The van der Waals surface area contributed by atoms with Crippen molar-refractivity contribution in [1.82, 2.24) is 0 Å². The summed E-state index contributed by atoms with van der Waals surface area (Å²) in [7, 11) is -4.91. The molecule has 0 spiro atoms. The highest BCUT2D eigenvalue weighted by molar-refractivity contribution is 7.80. The van der Waals surface area contributed by atoms with E-state index in [0.29, 0.717) is 0 Å². The van der Waals surface area contributed by atoms with Gasteiger partial charge in [0.25, 0.3) is 0 Å². The van der Waals surface area contributed by atoms with Crippen molar-refractivity contribution in [2.24, 2.45) is 11.5 Å². The van der Waals surface area contributed by atoms with E-state index in [1.807, 2.05) is 0 Å². The minimum atomic E-state index is -4.91. The molecule has 2 aliphatic heterocycles. The Kier molecular flexibility index (Phi) is 7.29. The van der Waals surface area contributed by atoms with Crippen LogP contribution in [0.25, 0.3) is 0 Å². The van der Waals surface area contributed by atoms with Gasteiger partial charge in [0, 0.05) is 0 Å². The Hall–Kier alpha value is -1.02. The molecular weight excluding hydrogens is 412 g/mol. The fourth-order valence-corrected chi connectivity index (χ4v) is 3.08. The van der Waals surface area contributed by atoms with Crippen LogP contribution in [-0.4, -0.2) is 112 Å². The summed E-state index contributed by atoms with van der Waals surface area (Å²) in [6.07, 6.45) is -13.9. The number of rotatable bonds is 6. The van der Waals surface area contributed by atoms with Gasteiger partial charge in [0.05, 0.1) is 18.7 Å². The lowest BCUT2D eigenvalue weighted by molar-refractivity contribution is -0.319. The smallest absolute Gasteiger partial charge is 0.397 e. The fourth-order valence-electron chi connectivity index (χ4n) is 2.78. The monoisotopic (exact) mass is 434 g/mol. The Morgan fingerprint density at radius 3 is 2.14 bits per heavy atom. The number of hydrogen-bond donors (Lipinski definition) is 8. The number of nitrogens with two attached hydrogens (primary N) is 2. The third-order valence-electron chi connectivity index (χ3n) is 4.31. The molecule has 15 nitrogen and oxygen atoms in total. The summed E-state index contributed by atoms with van der Waals surface area (Å²) < 4.78 is 49.7. The third-order valence-corrected chi connectivity index (χ3v) is 4.74. The molecule has 10 N–H and O–H groups in total. The Balaban J connectivity index is 2.21. The van der Waals surface area contributed by atoms with E-state index < -0.39 is 84.3 Å². The number of aliphatic hydroxyl groups is 4. The van der Waals surface area contributed by atoms with Crippen LogP contribution in [0, 0.1) is 0 Å². The molecule has 0 unspecified atom stereocenters. The average molecular weight is 434 g/mol. The molecule has 10 atom stereocenters. The highest BCUT2D eigenvalue weighted by Crippen LogP contribution is 2.28. The third kappa shape index (κ3) is 5.12. The van der Waals surface area contributed by atoms with E-state index in [0.717, 1.165) is 0 Å². The molecule has 2 fully saturated rings. The van der Waals surface area contributed by atoms with Crippen molar-refractivity contribution in [3.63, 3.8) is 0 Å². The molecular formula is C12H22N2O13S. The number of carboxylic acid groups (broad SMARTS) is 1. The van der Waals surface area contributed by atoms with Gasteiger partial charge >= 0.3 is 16.4 Å². The number of hydrogen-bond acceptors (Lipinski definition) is 13. The van der Waals surface area contributed by atoms with Gasteiger partial charge in [0.2, 0.25) is 0 Å². The van der Waals surface area contributed by atoms with E-state index >= 15 is 0 Å². The largest absolute Gasteiger partial charge is 0.479 e. The predicted octanol–water partition coefficient (Wildman–Crippen LogP) is -5.54. The molecule has 0 bridgehead atoms. The topological polar surface area (TPSA) is 262 Å². The second-order valence-electron chi connectivity index (χ2n) is 6.27. The zero-order valence-electron chi connectivity index (χ0n) is 14.1. The highest BCUT2D eigenvalue weighted by atomic mass is 32.3. The van der Waals surface area contributed by atoms with E-state index in [1.165, 1.54) is 0 Å². The number of carbonyl (C=O) groups is 1. The van der Waals surface area contributed by atoms with E-state index in [-0.39, 0.29) is 0 Å². The summed E-state index contributed by atoms with van der Waals surface area (Å²) in [5.74, 6) is -1.63. The molecule has 0 amide bonds. The van der Waals surface area contributed by atoms with Crippen LogP contribution in [0.3, 0.4) is 0 Å². The molecule has 0 aliphatic carbocycles. The quantitative estimate of drug-likeness (QED) is 0.181. The van der Waals surface area contributed by atoms with Crippen molar-refractivity contribution in [2.75, 3.05) is 6.61 Å². The van der Waals surface area contributed by atoms with E-state index in [4.69, 9.17) is 35.3 Å². The summed E-state index contributed by atoms with van der Waals surface area (Å²) in [5, 5.41) is 48.6. The van der Waals surface area contributed by atoms with Crippen molar-refractivity contribution in [3.05, 3.63) is 0 Å². The van der Waals surface area contributed by atoms with E-state index in [2.05, 4.69) is 4.18 Å². The van der Waals surface area contributed by atoms with Gasteiger partial charge < -0.3 is 51.2 Å². The molecule has 0 aromatic rings. The van der Waals surface area contributed by atoms with Crippen LogP contribution < -0.4 is 11.5 Å². The Labute approximate surface area is 158 Å². The number of ether oxygens (including phenoxy) is 3. The molecule has 164 valence electrons. The first kappa shape index (κ1) is 23.3. The maximum Gasteiger partial charge on any atom is 0.397 e. The summed E-state index contributed by atoms with van der Waals surface area (Å²) >= 11 is 0. The zero-order valence-corrected chi connectivity index (χ0v) is 14.9. The maximum absolute atomic E-state index is 11.2. The average Bonchev–Trinajstić information content (AvgIpc) is 2.59. The molecule has 16 heteroatoms. The van der Waals surface area contributed by atoms with Gasteiger partial charge in [0.15, 0.2) is 18.7 Å². The molecule has 2 aliphatic rings. The lowest BCUT2D eigenvalue weighted by atomic mass is 9.95. The Bertz CT molecular complexity index is 662. The Morgan fingerprint density at radius 1 is 1.00 bits per heavy atom. The maximum atomic E-state index is 11.2. The van der Waals surface area contributed by atoms with Crippen LogP contribution in [0.5, 0.6) is 0 Å². The van der Waals surface area contributed by atoms with Crippen molar-refractivity contribution in [1.29, 1.82) is 0 Å². The lowest BCUT2D eigenvalue weighted by Gasteiger charge is -2.45. The molecule has 2 saturated heterocycles. The number of aliphatic hydroxyl groups excluding tert-OH is 4. The zero-order chi connectivity index (χ0) is 21.4. The lowest BCUT2D eigenvalue weighted by Crippen LogP contribution is -2.67. The summed E-state index contributed by atoms with van der Waals surface area (Å²) in [5.41, 5.74) is 11.2. The van der Waals surface area contributed by atoms with Crippen LogP contribution in [0.1, 0.15) is 0 Å². The first-order chi connectivity index (χ1) is 12.8. The van der Waals surface area contributed by atoms with Crippen LogP contribution in [-0.2, 0) is 33.6 Å². The van der Waals surface area contributed by atoms with Crippen molar-refractivity contribution in [3.8, 4) is 0 Å². The van der Waals surface area contributed by atoms with Crippen LogP contribution in [0.4, 0.5) is 0 Å². The molecule has 0 aromatic carbocycles. The summed E-state index contributed by atoms with van der Waals surface area (Å²) in [6.45, 7) is -0.931. The van der Waals surface area contributed by atoms with Gasteiger partial charge in [-0.25, -0.2) is 8.98 Å². The fraction of sp³-hybridized carbons (Fsp3) is 0.917. The van der Waals surface area contributed by atoms with Crippen molar-refractivity contribution >= 4 is 16.4 Å². The molecule has 0 aromatic heterocycles. The minimum absolute atomic E-state index is 0.931. The molecule has 2 heterocycles. The van der Waals surface area contributed by atoms with E-state index in [9.17, 15) is 33.6 Å². The second-order valence-corrected chi connectivity index (χ2v) is 7.36. The highest BCUT2D eigenvalue weighted by Gasteiger charge is 2.51. The molecule has 28 heavy (non-hydrogen) atoms. The first-order valence-electron chi connectivity index (χ1n) is 7.88. The summed E-state index contributed by atoms with van der Waals surface area (Å²) in [4.78, 5) is 11.2. The van der Waals surface area contributed by atoms with E-state index in [1.54, 1.807) is 0 Å². The Morgan fingerprint density at radius 2 is 1.61 bits per heavy atom. The van der Waals surface area contributed by atoms with Gasteiger partial charge in [-0.05, 0) is 0 Å². The molecule has 0 radical (unpaired) electrons. The van der Waals surface area contributed by atoms with Crippen LogP contribution >= 0.6 is 0 Å². The minimum Gasteiger partial charge on any atom is -0.479 e. The first-order valence-corrected chi connectivity index (χ1v) is 9.24. The molecule has 2 rings (SSSR count). The van der Waals surface area contributed by atoms with Crippen molar-refractivity contribution in [2.45, 2.75) is 61.3 Å². The van der Waals surface area contributed by atoms with Gasteiger partial charge in [-0.15, -0.1) is 0 Å². The van der Waals surface area contributed by atoms with Crippen molar-refractivity contribution < 1.29 is 61.7 Å². The standard InChI is InChI=1S/C12H22N2O13S/c13-3-6(16)8(2(25-11(3)20)1-24-28(21,22)23)26-12-4(14)5(15)7(17)9(27-12)10(18)19/h2-9,11-12,15-17,20H,1,13-14H2,(H,18,19)(H,21,22,23)/t2-,3-,4-,5-,6-,7+,8-,9-,11-,12-/m1/s1. The van der Waals surface area contributed by atoms with Crippen LogP contribution in [0.2, 0.25) is 0 Å². The normalized spacial score (nSPS) is 45.0. The SMILES string of the molecule is N[C@@H]1[C@@H](O)[C@H](O[C@@H]2O[C@@H](C(=O)O)[C@@H](O)[C@H](O)[C@H]2N)[C@@H](COS(=O)(=O)O)O[C@H]1O.